The van der Waals surface area contributed by atoms with Gasteiger partial charge in [-0.1, -0.05) is 57.0 Å². The zero-order valence-corrected chi connectivity index (χ0v) is 19.2. The monoisotopic (exact) mass is 448 g/mol. The molecule has 3 N–H and O–H groups in total. The Kier molecular flexibility index (Phi) is 6.61. The van der Waals surface area contributed by atoms with E-state index in [9.17, 15) is 20.1 Å². The topological polar surface area (TPSA) is 87.0 Å². The van der Waals surface area contributed by atoms with Gasteiger partial charge in [0.2, 0.25) is 0 Å². The summed E-state index contributed by atoms with van der Waals surface area (Å²) in [5.74, 6) is 0.668. The van der Waals surface area contributed by atoms with E-state index in [-0.39, 0.29) is 34.7 Å². The van der Waals surface area contributed by atoms with E-state index in [1.165, 1.54) is 6.08 Å². The fourth-order valence-electron chi connectivity index (χ4n) is 5.18. The Labute approximate surface area is 195 Å². The highest BCUT2D eigenvalue weighted by atomic mass is 16.5. The first kappa shape index (κ1) is 23.1. The zero-order valence-electron chi connectivity index (χ0n) is 19.2. The smallest absolute Gasteiger partial charge is 0.168 e. The molecule has 3 atom stereocenters. The van der Waals surface area contributed by atoms with Gasteiger partial charge in [0, 0.05) is 12.0 Å². The van der Waals surface area contributed by atoms with E-state index in [1.807, 2.05) is 68.4 Å². The van der Waals surface area contributed by atoms with Crippen LogP contribution in [-0.4, -0.2) is 27.2 Å². The molecule has 5 heteroatoms. The molecule has 1 fully saturated rings. The summed E-state index contributed by atoms with van der Waals surface area (Å²) in [5, 5.41) is 32.3. The Morgan fingerprint density at radius 2 is 1.58 bits per heavy atom. The van der Waals surface area contributed by atoms with E-state index in [4.69, 9.17) is 4.74 Å². The number of aliphatic hydroxyl groups excluding tert-OH is 3. The van der Waals surface area contributed by atoms with Crippen LogP contribution >= 0.6 is 0 Å². The van der Waals surface area contributed by atoms with Gasteiger partial charge >= 0.3 is 0 Å². The van der Waals surface area contributed by atoms with E-state index in [1.54, 1.807) is 0 Å². The number of benzene rings is 2. The van der Waals surface area contributed by atoms with Gasteiger partial charge in [0.15, 0.2) is 5.78 Å². The normalized spacial score (nSPS) is 23.7. The molecule has 33 heavy (non-hydrogen) atoms. The highest BCUT2D eigenvalue weighted by Crippen LogP contribution is 2.53. The number of para-hydroxylation sites is 1. The van der Waals surface area contributed by atoms with E-state index in [0.29, 0.717) is 19.3 Å². The molecule has 2 aliphatic rings. The van der Waals surface area contributed by atoms with Crippen LogP contribution in [0.2, 0.25) is 0 Å². The number of carbonyl (C=O) groups excluding carboxylic acids is 1. The van der Waals surface area contributed by atoms with Crippen molar-refractivity contribution in [1.82, 2.24) is 0 Å². The molecule has 4 rings (SSSR count). The third kappa shape index (κ3) is 4.42. The first-order valence-corrected chi connectivity index (χ1v) is 11.8. The van der Waals surface area contributed by atoms with Gasteiger partial charge in [-0.25, -0.2) is 0 Å². The summed E-state index contributed by atoms with van der Waals surface area (Å²) in [6.45, 7) is 3.97. The molecule has 1 saturated carbocycles. The molecule has 2 aromatic carbocycles. The maximum Gasteiger partial charge on any atom is 0.168 e. The molecule has 0 radical (unpaired) electrons. The lowest BCUT2D eigenvalue weighted by atomic mass is 9.67. The van der Waals surface area contributed by atoms with Crippen molar-refractivity contribution in [3.8, 4) is 11.5 Å². The number of rotatable bonds is 9. The van der Waals surface area contributed by atoms with Crippen LogP contribution in [0.3, 0.4) is 0 Å². The second-order valence-corrected chi connectivity index (χ2v) is 9.18. The number of aliphatic hydroxyl groups is 3. The van der Waals surface area contributed by atoms with Crippen molar-refractivity contribution >= 4 is 5.78 Å². The van der Waals surface area contributed by atoms with Crippen LogP contribution < -0.4 is 4.74 Å². The van der Waals surface area contributed by atoms with E-state index in [2.05, 4.69) is 0 Å². The van der Waals surface area contributed by atoms with Crippen molar-refractivity contribution in [2.45, 2.75) is 58.0 Å². The highest BCUT2D eigenvalue weighted by molar-refractivity contribution is 6.01. The molecule has 0 bridgehead atoms. The Morgan fingerprint density at radius 1 is 0.970 bits per heavy atom. The van der Waals surface area contributed by atoms with Crippen molar-refractivity contribution in [2.24, 2.45) is 11.3 Å². The number of hydrogen-bond acceptors (Lipinski definition) is 5. The Bertz CT molecular complexity index is 1050. The summed E-state index contributed by atoms with van der Waals surface area (Å²) >= 11 is 0. The minimum absolute atomic E-state index is 0.0332. The summed E-state index contributed by atoms with van der Waals surface area (Å²) in [6.07, 6.45) is 3.32. The minimum Gasteiger partial charge on any atom is -0.511 e. The van der Waals surface area contributed by atoms with Gasteiger partial charge in [-0.3, -0.25) is 4.79 Å². The molecule has 5 nitrogen and oxygen atoms in total. The van der Waals surface area contributed by atoms with Crippen molar-refractivity contribution in [3.05, 3.63) is 83.3 Å². The molecule has 2 aliphatic carbocycles. The van der Waals surface area contributed by atoms with E-state index >= 15 is 0 Å². The van der Waals surface area contributed by atoms with Crippen LogP contribution in [0, 0.1) is 11.3 Å². The number of ketones is 1. The molecule has 3 unspecified atom stereocenters. The van der Waals surface area contributed by atoms with Gasteiger partial charge < -0.3 is 20.1 Å². The Hall–Kier alpha value is -3.05. The first-order valence-electron chi connectivity index (χ1n) is 11.8. The van der Waals surface area contributed by atoms with Crippen LogP contribution in [0.5, 0.6) is 11.5 Å². The maximum atomic E-state index is 13.4. The predicted molar refractivity (Wildman–Crippen MR) is 127 cm³/mol. The van der Waals surface area contributed by atoms with Crippen molar-refractivity contribution < 1.29 is 24.9 Å². The van der Waals surface area contributed by atoms with Crippen molar-refractivity contribution in [2.75, 3.05) is 0 Å². The summed E-state index contributed by atoms with van der Waals surface area (Å²) in [5.41, 5.74) is 0.166. The van der Waals surface area contributed by atoms with Crippen LogP contribution in [0.15, 0.2) is 77.8 Å². The Morgan fingerprint density at radius 3 is 2.18 bits per heavy atom. The molecule has 0 spiro atoms. The number of Topliss-reactive ketones (excluding diaryl/α,β-unsaturated/α-hetero) is 1. The van der Waals surface area contributed by atoms with Gasteiger partial charge in [0.25, 0.3) is 0 Å². The van der Waals surface area contributed by atoms with Gasteiger partial charge in [0.05, 0.1) is 17.1 Å². The van der Waals surface area contributed by atoms with Gasteiger partial charge in [0.1, 0.15) is 23.0 Å². The summed E-state index contributed by atoms with van der Waals surface area (Å²) in [7, 11) is 0. The fraction of sp³-hybridized carbons (Fsp3) is 0.393. The highest BCUT2D eigenvalue weighted by Gasteiger charge is 2.52. The van der Waals surface area contributed by atoms with Crippen LogP contribution in [0.25, 0.3) is 0 Å². The SMILES string of the molecule is CCCC1(CCC)C(O)=CC(O)=C(C(=O)C2CC2c2ccc(Oc3ccccc3)cc2)C1O. The first-order chi connectivity index (χ1) is 15.9. The van der Waals surface area contributed by atoms with Gasteiger partial charge in [-0.2, -0.15) is 0 Å². The average Bonchev–Trinajstić information content (AvgIpc) is 3.60. The molecule has 2 aromatic rings. The van der Waals surface area contributed by atoms with Crippen molar-refractivity contribution in [1.29, 1.82) is 0 Å². The van der Waals surface area contributed by atoms with Crippen molar-refractivity contribution in [3.63, 3.8) is 0 Å². The average molecular weight is 449 g/mol. The molecule has 0 saturated heterocycles. The van der Waals surface area contributed by atoms with Gasteiger partial charge in [-0.15, -0.1) is 0 Å². The lowest BCUT2D eigenvalue weighted by molar-refractivity contribution is -0.119. The summed E-state index contributed by atoms with van der Waals surface area (Å²) in [6, 6.07) is 17.3. The number of hydrogen-bond donors (Lipinski definition) is 3. The van der Waals surface area contributed by atoms with Crippen LogP contribution in [0.4, 0.5) is 0 Å². The summed E-state index contributed by atoms with van der Waals surface area (Å²) in [4.78, 5) is 13.4. The second-order valence-electron chi connectivity index (χ2n) is 9.18. The quantitative estimate of drug-likeness (QED) is 0.415. The Balaban J connectivity index is 1.49. The number of carbonyl (C=O) groups is 1. The zero-order chi connectivity index (χ0) is 23.6. The van der Waals surface area contributed by atoms with E-state index in [0.717, 1.165) is 29.9 Å². The minimum atomic E-state index is -1.21. The predicted octanol–water partition coefficient (Wildman–Crippen LogP) is 6.37. The lowest BCUT2D eigenvalue weighted by Gasteiger charge is -2.40. The largest absolute Gasteiger partial charge is 0.511 e. The second kappa shape index (κ2) is 9.44. The maximum absolute atomic E-state index is 13.4. The molecule has 0 aliphatic heterocycles. The third-order valence-corrected chi connectivity index (χ3v) is 6.93. The number of allylic oxidation sites excluding steroid dienone is 1. The van der Waals surface area contributed by atoms with Crippen LogP contribution in [0.1, 0.15) is 57.4 Å². The molecule has 0 heterocycles. The molecule has 0 amide bonds. The van der Waals surface area contributed by atoms with E-state index < -0.39 is 11.5 Å². The lowest BCUT2D eigenvalue weighted by Crippen LogP contribution is -2.43. The van der Waals surface area contributed by atoms with Gasteiger partial charge in [-0.05, 0) is 55.0 Å². The number of ether oxygens (including phenoxy) is 1. The third-order valence-electron chi connectivity index (χ3n) is 6.93. The molecule has 174 valence electrons. The standard InChI is InChI=1S/C28H32O5/c1-3-14-28(15-4-2)24(30)17-23(29)25(27(28)32)26(31)22-16-21(22)18-10-12-20(13-11-18)33-19-8-6-5-7-9-19/h5-13,17,21-22,27,29-30,32H,3-4,14-16H2,1-2H3. The van der Waals surface area contributed by atoms with Crippen LogP contribution in [-0.2, 0) is 4.79 Å². The molecular weight excluding hydrogens is 416 g/mol. The summed E-state index contributed by atoms with van der Waals surface area (Å²) < 4.78 is 5.84. The molecule has 0 aromatic heterocycles. The fourth-order valence-corrected chi connectivity index (χ4v) is 5.18. The molecular formula is C28H32O5.